The number of hydrogen-bond acceptors (Lipinski definition) is 2. The van der Waals surface area contributed by atoms with Gasteiger partial charge in [-0.05, 0) is 29.9 Å². The van der Waals surface area contributed by atoms with E-state index in [-0.39, 0.29) is 0 Å². The van der Waals surface area contributed by atoms with Gasteiger partial charge in [0.25, 0.3) is 0 Å². The molecule has 0 spiro atoms. The quantitative estimate of drug-likeness (QED) is 0.773. The van der Waals surface area contributed by atoms with E-state index in [1.807, 2.05) is 0 Å². The monoisotopic (exact) mass is 191 g/mol. The van der Waals surface area contributed by atoms with E-state index >= 15 is 0 Å². The molecule has 1 fully saturated rings. The largest absolute Gasteiger partial charge is 0.376 e. The van der Waals surface area contributed by atoms with Crippen LogP contribution >= 0.6 is 0 Å². The maximum atomic E-state index is 5.59. The zero-order chi connectivity index (χ0) is 9.80. The van der Waals surface area contributed by atoms with Crippen molar-refractivity contribution >= 4 is 0 Å². The highest BCUT2D eigenvalue weighted by molar-refractivity contribution is 5.21. The third-order valence-electron chi connectivity index (χ3n) is 2.58. The molecule has 0 heterocycles. The van der Waals surface area contributed by atoms with E-state index in [4.69, 9.17) is 10.5 Å². The maximum Gasteiger partial charge on any atom is 0.0717 e. The van der Waals surface area contributed by atoms with Crippen LogP contribution in [0.2, 0.25) is 0 Å². The first-order valence-electron chi connectivity index (χ1n) is 5.24. The molecule has 1 aromatic rings. The van der Waals surface area contributed by atoms with Crippen molar-refractivity contribution in [2.45, 2.75) is 26.0 Å². The molecule has 2 rings (SSSR count). The second-order valence-corrected chi connectivity index (χ2v) is 3.98. The Morgan fingerprint density at radius 3 is 2.36 bits per heavy atom. The molecule has 0 amide bonds. The third-order valence-corrected chi connectivity index (χ3v) is 2.58. The fraction of sp³-hybridized carbons (Fsp3) is 0.500. The first-order chi connectivity index (χ1) is 6.88. The predicted molar refractivity (Wildman–Crippen MR) is 56.7 cm³/mol. The lowest BCUT2D eigenvalue weighted by molar-refractivity contribution is 0.111. The second kappa shape index (κ2) is 4.58. The molecular formula is C12H17NO. The lowest BCUT2D eigenvalue weighted by Crippen LogP contribution is -1.99. The van der Waals surface area contributed by atoms with Gasteiger partial charge in [0.05, 0.1) is 6.61 Å². The van der Waals surface area contributed by atoms with Gasteiger partial charge in [-0.3, -0.25) is 0 Å². The summed E-state index contributed by atoms with van der Waals surface area (Å²) < 4.78 is 5.59. The summed E-state index contributed by atoms with van der Waals surface area (Å²) in [4.78, 5) is 0. The molecule has 14 heavy (non-hydrogen) atoms. The molecule has 0 atom stereocenters. The molecule has 1 aromatic carbocycles. The molecule has 2 heteroatoms. The highest BCUT2D eigenvalue weighted by atomic mass is 16.5. The average molecular weight is 191 g/mol. The van der Waals surface area contributed by atoms with Crippen molar-refractivity contribution in [2.75, 3.05) is 6.61 Å². The van der Waals surface area contributed by atoms with Crippen LogP contribution in [0.4, 0.5) is 0 Å². The Kier molecular flexibility index (Phi) is 3.17. The fourth-order valence-corrected chi connectivity index (χ4v) is 1.40. The molecule has 0 unspecified atom stereocenters. The zero-order valence-electron chi connectivity index (χ0n) is 8.41. The van der Waals surface area contributed by atoms with Crippen LogP contribution in [0.3, 0.4) is 0 Å². The standard InChI is InChI=1S/C12H17NO/c13-7-10-1-3-11(4-2-10)8-14-9-12-5-6-12/h1-4,12H,5-9,13H2. The summed E-state index contributed by atoms with van der Waals surface area (Å²) in [5.41, 5.74) is 7.93. The molecule has 1 aliphatic rings. The Morgan fingerprint density at radius 1 is 1.14 bits per heavy atom. The van der Waals surface area contributed by atoms with Crippen LogP contribution < -0.4 is 5.73 Å². The Bertz CT molecular complexity index is 277. The van der Waals surface area contributed by atoms with Gasteiger partial charge in [-0.25, -0.2) is 0 Å². The molecule has 0 aromatic heterocycles. The van der Waals surface area contributed by atoms with Crippen LogP contribution in [0.1, 0.15) is 24.0 Å². The minimum Gasteiger partial charge on any atom is -0.376 e. The molecule has 0 bridgehead atoms. The minimum atomic E-state index is 0.614. The van der Waals surface area contributed by atoms with Crippen molar-refractivity contribution in [1.82, 2.24) is 0 Å². The van der Waals surface area contributed by atoms with E-state index in [1.165, 1.54) is 24.0 Å². The molecule has 76 valence electrons. The Hall–Kier alpha value is -0.860. The highest BCUT2D eigenvalue weighted by Gasteiger charge is 2.20. The second-order valence-electron chi connectivity index (χ2n) is 3.98. The van der Waals surface area contributed by atoms with Crippen molar-refractivity contribution in [3.63, 3.8) is 0 Å². The summed E-state index contributed by atoms with van der Waals surface area (Å²) in [5, 5.41) is 0. The number of benzene rings is 1. The van der Waals surface area contributed by atoms with Gasteiger partial charge in [0.1, 0.15) is 0 Å². The van der Waals surface area contributed by atoms with Crippen LogP contribution in [0, 0.1) is 5.92 Å². The number of rotatable bonds is 5. The smallest absolute Gasteiger partial charge is 0.0717 e. The van der Waals surface area contributed by atoms with Crippen LogP contribution in [0.25, 0.3) is 0 Å². The molecule has 2 nitrogen and oxygen atoms in total. The van der Waals surface area contributed by atoms with E-state index in [0.717, 1.165) is 19.1 Å². The molecule has 0 radical (unpaired) electrons. The minimum absolute atomic E-state index is 0.614. The third kappa shape index (κ3) is 2.82. The molecule has 1 saturated carbocycles. The van der Waals surface area contributed by atoms with E-state index < -0.39 is 0 Å². The summed E-state index contributed by atoms with van der Waals surface area (Å²) in [7, 11) is 0. The van der Waals surface area contributed by atoms with Gasteiger partial charge in [0.15, 0.2) is 0 Å². The molecule has 0 aliphatic heterocycles. The van der Waals surface area contributed by atoms with Gasteiger partial charge in [-0.15, -0.1) is 0 Å². The number of ether oxygens (including phenoxy) is 1. The first-order valence-corrected chi connectivity index (χ1v) is 5.24. The van der Waals surface area contributed by atoms with Gasteiger partial charge in [0, 0.05) is 13.2 Å². The van der Waals surface area contributed by atoms with Crippen molar-refractivity contribution < 1.29 is 4.74 Å². The zero-order valence-corrected chi connectivity index (χ0v) is 8.41. The highest BCUT2D eigenvalue weighted by Crippen LogP contribution is 2.29. The van der Waals surface area contributed by atoms with E-state index in [2.05, 4.69) is 24.3 Å². The lowest BCUT2D eigenvalue weighted by atomic mass is 10.1. The van der Waals surface area contributed by atoms with E-state index in [9.17, 15) is 0 Å². The van der Waals surface area contributed by atoms with Crippen molar-refractivity contribution in [3.8, 4) is 0 Å². The normalized spacial score (nSPS) is 15.8. The lowest BCUT2D eigenvalue weighted by Gasteiger charge is -2.04. The average Bonchev–Trinajstić information content (AvgIpc) is 3.03. The van der Waals surface area contributed by atoms with Gasteiger partial charge < -0.3 is 10.5 Å². The van der Waals surface area contributed by atoms with Crippen LogP contribution in [-0.2, 0) is 17.9 Å². The van der Waals surface area contributed by atoms with Gasteiger partial charge in [0.2, 0.25) is 0 Å². The molecule has 2 N–H and O–H groups in total. The summed E-state index contributed by atoms with van der Waals surface area (Å²) in [6.45, 7) is 2.28. The molecule has 0 saturated heterocycles. The summed E-state index contributed by atoms with van der Waals surface area (Å²) in [6.07, 6.45) is 2.71. The SMILES string of the molecule is NCc1ccc(COCC2CC2)cc1. The summed E-state index contributed by atoms with van der Waals surface area (Å²) >= 11 is 0. The molecular weight excluding hydrogens is 174 g/mol. The Labute approximate surface area is 85.1 Å². The fourth-order valence-electron chi connectivity index (χ4n) is 1.40. The number of nitrogens with two attached hydrogens (primary N) is 1. The topological polar surface area (TPSA) is 35.2 Å². The summed E-state index contributed by atoms with van der Waals surface area (Å²) in [6, 6.07) is 8.32. The predicted octanol–water partition coefficient (Wildman–Crippen LogP) is 2.07. The van der Waals surface area contributed by atoms with Crippen LogP contribution in [0.15, 0.2) is 24.3 Å². The van der Waals surface area contributed by atoms with Crippen molar-refractivity contribution in [2.24, 2.45) is 11.7 Å². The van der Waals surface area contributed by atoms with Crippen LogP contribution in [0.5, 0.6) is 0 Å². The van der Waals surface area contributed by atoms with Gasteiger partial charge in [-0.2, -0.15) is 0 Å². The van der Waals surface area contributed by atoms with E-state index in [1.54, 1.807) is 0 Å². The van der Waals surface area contributed by atoms with Crippen molar-refractivity contribution in [1.29, 1.82) is 0 Å². The van der Waals surface area contributed by atoms with Crippen molar-refractivity contribution in [3.05, 3.63) is 35.4 Å². The number of hydrogen-bond donors (Lipinski definition) is 1. The Balaban J connectivity index is 1.77. The molecule has 1 aliphatic carbocycles. The van der Waals surface area contributed by atoms with Gasteiger partial charge >= 0.3 is 0 Å². The summed E-state index contributed by atoms with van der Waals surface area (Å²) in [5.74, 6) is 0.846. The van der Waals surface area contributed by atoms with Crippen LogP contribution in [-0.4, -0.2) is 6.61 Å². The first kappa shape index (κ1) is 9.69. The van der Waals surface area contributed by atoms with Gasteiger partial charge in [-0.1, -0.05) is 24.3 Å². The Morgan fingerprint density at radius 2 is 1.79 bits per heavy atom. The van der Waals surface area contributed by atoms with E-state index in [0.29, 0.717) is 6.54 Å². The maximum absolute atomic E-state index is 5.59.